The lowest BCUT2D eigenvalue weighted by Crippen LogP contribution is -2.60. The van der Waals surface area contributed by atoms with Crippen molar-refractivity contribution in [1.82, 2.24) is 10.7 Å². The third-order valence-corrected chi connectivity index (χ3v) is 6.56. The highest BCUT2D eigenvalue weighted by atomic mass is 32.1. The van der Waals surface area contributed by atoms with Crippen molar-refractivity contribution in [3.05, 3.63) is 23.8 Å². The van der Waals surface area contributed by atoms with E-state index in [0.29, 0.717) is 16.6 Å². The quantitative estimate of drug-likeness (QED) is 0.384. The number of hydrogen-bond donors (Lipinski definition) is 4. The summed E-state index contributed by atoms with van der Waals surface area (Å²) in [5, 5.41) is 27.1. The number of thiocarbonyl (C=S) groups is 1. The molecule has 0 amide bonds. The molecule has 2 bridgehead atoms. The molecule has 1 aromatic rings. The van der Waals surface area contributed by atoms with Gasteiger partial charge in [0.15, 0.2) is 5.11 Å². The van der Waals surface area contributed by atoms with Crippen molar-refractivity contribution in [2.45, 2.75) is 45.6 Å². The number of phenols is 2. The lowest BCUT2D eigenvalue weighted by molar-refractivity contribution is 0.0833. The summed E-state index contributed by atoms with van der Waals surface area (Å²) < 4.78 is 0. The molecule has 0 heterocycles. The molecule has 4 N–H and O–H groups in total. The summed E-state index contributed by atoms with van der Waals surface area (Å²) >= 11 is 5.41. The summed E-state index contributed by atoms with van der Waals surface area (Å²) in [6, 6.07) is 4.36. The van der Waals surface area contributed by atoms with E-state index in [1.807, 2.05) is 0 Å². The van der Waals surface area contributed by atoms with Crippen LogP contribution in [0.5, 0.6) is 11.5 Å². The van der Waals surface area contributed by atoms with Gasteiger partial charge in [-0.25, -0.2) is 0 Å². The second-order valence-corrected chi connectivity index (χ2v) is 8.11. The topological polar surface area (TPSA) is 76.9 Å². The number of aromatic hydroxyl groups is 2. The van der Waals surface area contributed by atoms with Gasteiger partial charge in [0.1, 0.15) is 11.5 Å². The molecule has 2 aliphatic rings. The monoisotopic (exact) mass is 347 g/mol. The van der Waals surface area contributed by atoms with Gasteiger partial charge in [-0.05, 0) is 67.8 Å². The van der Waals surface area contributed by atoms with Gasteiger partial charge in [0.05, 0.1) is 6.21 Å². The highest BCUT2D eigenvalue weighted by Crippen LogP contribution is 2.61. The van der Waals surface area contributed by atoms with Crippen LogP contribution in [-0.4, -0.2) is 27.1 Å². The predicted molar refractivity (Wildman–Crippen MR) is 99.3 cm³/mol. The maximum absolute atomic E-state index is 9.74. The Kier molecular flexibility index (Phi) is 4.20. The fourth-order valence-corrected chi connectivity index (χ4v) is 4.70. The Balaban J connectivity index is 1.63. The van der Waals surface area contributed by atoms with E-state index in [4.69, 9.17) is 12.2 Å². The maximum Gasteiger partial charge on any atom is 0.187 e. The molecule has 2 saturated carbocycles. The van der Waals surface area contributed by atoms with E-state index in [-0.39, 0.29) is 22.5 Å². The van der Waals surface area contributed by atoms with Crippen LogP contribution in [0.1, 0.15) is 45.6 Å². The van der Waals surface area contributed by atoms with Crippen LogP contribution < -0.4 is 10.7 Å². The minimum Gasteiger partial charge on any atom is -0.508 e. The molecule has 3 atom stereocenters. The Morgan fingerprint density at radius 1 is 1.25 bits per heavy atom. The number of phenolic OH excluding ortho intramolecular Hbond substituents is 2. The van der Waals surface area contributed by atoms with E-state index in [0.717, 1.165) is 5.92 Å². The molecule has 0 unspecified atom stereocenters. The van der Waals surface area contributed by atoms with Crippen molar-refractivity contribution < 1.29 is 10.2 Å². The molecular weight excluding hydrogens is 322 g/mol. The molecule has 0 aliphatic heterocycles. The van der Waals surface area contributed by atoms with Crippen LogP contribution in [0, 0.1) is 17.3 Å². The van der Waals surface area contributed by atoms with Crippen LogP contribution in [0.3, 0.4) is 0 Å². The largest absolute Gasteiger partial charge is 0.508 e. The third-order valence-electron chi connectivity index (χ3n) is 6.37. The molecule has 3 rings (SSSR count). The Hall–Kier alpha value is -1.82. The number of nitrogens with one attached hydrogen (secondary N) is 2. The van der Waals surface area contributed by atoms with Crippen molar-refractivity contribution in [2.24, 2.45) is 22.4 Å². The van der Waals surface area contributed by atoms with Crippen LogP contribution >= 0.6 is 12.2 Å². The molecule has 24 heavy (non-hydrogen) atoms. The summed E-state index contributed by atoms with van der Waals surface area (Å²) in [5.74, 6) is 1.38. The average molecular weight is 347 g/mol. The van der Waals surface area contributed by atoms with Gasteiger partial charge >= 0.3 is 0 Å². The van der Waals surface area contributed by atoms with Crippen molar-refractivity contribution in [1.29, 1.82) is 0 Å². The zero-order valence-electron chi connectivity index (χ0n) is 14.3. The van der Waals surface area contributed by atoms with Crippen LogP contribution in [0.4, 0.5) is 0 Å². The first-order valence-corrected chi connectivity index (χ1v) is 8.78. The predicted octanol–water partition coefficient (Wildman–Crippen LogP) is 3.11. The lowest BCUT2D eigenvalue weighted by Gasteiger charge is -2.48. The molecule has 130 valence electrons. The number of nitrogens with zero attached hydrogens (tertiary/aromatic N) is 1. The van der Waals surface area contributed by atoms with Crippen LogP contribution in [0.2, 0.25) is 0 Å². The van der Waals surface area contributed by atoms with E-state index in [2.05, 4.69) is 36.6 Å². The zero-order chi connectivity index (χ0) is 17.5. The van der Waals surface area contributed by atoms with Crippen molar-refractivity contribution >= 4 is 23.5 Å². The number of rotatable bonds is 3. The first-order chi connectivity index (χ1) is 11.2. The summed E-state index contributed by atoms with van der Waals surface area (Å²) in [5.41, 5.74) is 3.51. The number of benzene rings is 1. The number of fused-ring (bicyclic) bond motifs is 2. The summed E-state index contributed by atoms with van der Waals surface area (Å²) in [6.45, 7) is 6.91. The highest BCUT2D eigenvalue weighted by Gasteiger charge is 2.60. The van der Waals surface area contributed by atoms with Gasteiger partial charge in [-0.2, -0.15) is 5.10 Å². The maximum atomic E-state index is 9.74. The van der Waals surface area contributed by atoms with Gasteiger partial charge in [0.2, 0.25) is 0 Å². The van der Waals surface area contributed by atoms with Crippen LogP contribution in [-0.2, 0) is 0 Å². The van der Waals surface area contributed by atoms with E-state index < -0.39 is 0 Å². The summed E-state index contributed by atoms with van der Waals surface area (Å²) in [4.78, 5) is 0. The fraction of sp³-hybridized carbons (Fsp3) is 0.556. The standard InChI is InChI=1S/C18H25N3O2S/c1-17(2)12-5-6-13(8-12)18(17,3)20-16(24)21-19-10-11-4-7-14(22)9-15(11)23/h4,7,9-10,12-13,22-23H,5-6,8H2,1-3H3,(H2,20,21,24)/b19-10+/t12-,13+,18+/m1/s1. The van der Waals surface area contributed by atoms with Crippen molar-refractivity contribution in [2.75, 3.05) is 0 Å². The Morgan fingerprint density at radius 2 is 1.96 bits per heavy atom. The zero-order valence-corrected chi connectivity index (χ0v) is 15.2. The van der Waals surface area contributed by atoms with E-state index in [9.17, 15) is 10.2 Å². The molecule has 0 radical (unpaired) electrons. The summed E-state index contributed by atoms with van der Waals surface area (Å²) in [7, 11) is 0. The fourth-order valence-electron chi connectivity index (χ4n) is 4.44. The number of hydrogen-bond acceptors (Lipinski definition) is 4. The second-order valence-electron chi connectivity index (χ2n) is 7.70. The molecule has 2 fully saturated rings. The van der Waals surface area contributed by atoms with Gasteiger partial charge in [0.25, 0.3) is 0 Å². The van der Waals surface area contributed by atoms with Gasteiger partial charge in [-0.15, -0.1) is 0 Å². The van der Waals surface area contributed by atoms with E-state index in [1.165, 1.54) is 37.6 Å². The van der Waals surface area contributed by atoms with Crippen molar-refractivity contribution in [3.63, 3.8) is 0 Å². The Morgan fingerprint density at radius 3 is 2.58 bits per heavy atom. The van der Waals surface area contributed by atoms with Gasteiger partial charge in [-0.1, -0.05) is 13.8 Å². The molecule has 1 aromatic carbocycles. The third kappa shape index (κ3) is 2.73. The lowest BCUT2D eigenvalue weighted by atomic mass is 9.64. The van der Waals surface area contributed by atoms with Crippen LogP contribution in [0.15, 0.2) is 23.3 Å². The molecular formula is C18H25N3O2S. The molecule has 5 nitrogen and oxygen atoms in total. The summed E-state index contributed by atoms with van der Waals surface area (Å²) in [6.07, 6.45) is 5.32. The van der Waals surface area contributed by atoms with Gasteiger partial charge in [0, 0.05) is 17.2 Å². The van der Waals surface area contributed by atoms with Crippen LogP contribution in [0.25, 0.3) is 0 Å². The normalized spacial score (nSPS) is 30.6. The SMILES string of the molecule is CC1(C)[C@@H]2CC[C@@H](C2)[C@]1(C)NC(=S)N/N=C/c1ccc(O)cc1O. The molecule has 0 aromatic heterocycles. The molecule has 0 spiro atoms. The molecule has 2 aliphatic carbocycles. The molecule has 0 saturated heterocycles. The van der Waals surface area contributed by atoms with E-state index >= 15 is 0 Å². The highest BCUT2D eigenvalue weighted by molar-refractivity contribution is 7.80. The van der Waals surface area contributed by atoms with Crippen molar-refractivity contribution in [3.8, 4) is 11.5 Å². The number of hydrazone groups is 1. The Bertz CT molecular complexity index is 689. The Labute approximate surface area is 148 Å². The minimum absolute atomic E-state index is 0.0150. The first-order valence-electron chi connectivity index (χ1n) is 8.37. The smallest absolute Gasteiger partial charge is 0.187 e. The van der Waals surface area contributed by atoms with Gasteiger partial charge < -0.3 is 15.5 Å². The minimum atomic E-state index is -0.0316. The average Bonchev–Trinajstić information content (AvgIpc) is 3.05. The van der Waals surface area contributed by atoms with E-state index in [1.54, 1.807) is 6.07 Å². The second kappa shape index (κ2) is 5.92. The molecule has 6 heteroatoms. The first kappa shape index (κ1) is 17.0. The van der Waals surface area contributed by atoms with Gasteiger partial charge in [-0.3, -0.25) is 5.43 Å².